The summed E-state index contributed by atoms with van der Waals surface area (Å²) in [6.07, 6.45) is 2.19. The van der Waals surface area contributed by atoms with Crippen LogP contribution in [0.4, 0.5) is 23.0 Å². The minimum absolute atomic E-state index is 0.0905. The molecule has 32 heavy (non-hydrogen) atoms. The van der Waals surface area contributed by atoms with E-state index in [0.29, 0.717) is 17.8 Å². The van der Waals surface area contributed by atoms with Gasteiger partial charge in [-0.3, -0.25) is 0 Å². The zero-order valence-electron chi connectivity index (χ0n) is 19.7. The van der Waals surface area contributed by atoms with E-state index >= 15 is 0 Å². The summed E-state index contributed by atoms with van der Waals surface area (Å²) in [5, 5.41) is 0. The van der Waals surface area contributed by atoms with Crippen LogP contribution in [0.2, 0.25) is 0 Å². The molecule has 3 heterocycles. The van der Waals surface area contributed by atoms with Crippen molar-refractivity contribution in [2.75, 3.05) is 9.80 Å². The van der Waals surface area contributed by atoms with Crippen molar-refractivity contribution in [3.63, 3.8) is 0 Å². The van der Waals surface area contributed by atoms with Crippen molar-refractivity contribution >= 4 is 23.0 Å². The molecule has 2 aliphatic rings. The molecule has 5 rings (SSSR count). The van der Waals surface area contributed by atoms with Gasteiger partial charge in [0.25, 0.3) is 0 Å². The zero-order valence-corrected chi connectivity index (χ0v) is 19.7. The van der Waals surface area contributed by atoms with Crippen LogP contribution in [0.25, 0.3) is 0 Å². The van der Waals surface area contributed by atoms with Gasteiger partial charge in [0.15, 0.2) is 11.6 Å². The zero-order chi connectivity index (χ0) is 22.6. The van der Waals surface area contributed by atoms with Crippen LogP contribution in [0.3, 0.4) is 0 Å². The van der Waals surface area contributed by atoms with E-state index in [1.807, 2.05) is 0 Å². The van der Waals surface area contributed by atoms with E-state index in [9.17, 15) is 0 Å². The molecule has 0 saturated heterocycles. The number of nitrogens with zero attached hydrogens (tertiary/aromatic N) is 4. The van der Waals surface area contributed by atoms with E-state index < -0.39 is 0 Å². The molecule has 0 spiro atoms. The minimum atomic E-state index is 0.0905. The molecule has 0 bridgehead atoms. The Hall–Kier alpha value is -3.14. The molecule has 2 aliphatic heterocycles. The Morgan fingerprint density at radius 3 is 1.97 bits per heavy atom. The summed E-state index contributed by atoms with van der Waals surface area (Å²) >= 11 is 0. The second-order valence-corrected chi connectivity index (χ2v) is 9.62. The molecule has 0 fully saturated rings. The van der Waals surface area contributed by atoms with Crippen molar-refractivity contribution < 1.29 is 0 Å². The third kappa shape index (κ3) is 2.96. The number of anilines is 4. The van der Waals surface area contributed by atoms with Gasteiger partial charge in [-0.05, 0) is 35.6 Å². The van der Waals surface area contributed by atoms with Crippen molar-refractivity contribution in [1.82, 2.24) is 9.97 Å². The van der Waals surface area contributed by atoms with Gasteiger partial charge in [0.2, 0.25) is 0 Å². The summed E-state index contributed by atoms with van der Waals surface area (Å²) in [6, 6.07) is 19.3. The van der Waals surface area contributed by atoms with Crippen LogP contribution in [-0.4, -0.2) is 16.1 Å². The smallest absolute Gasteiger partial charge is 0.178 e. The van der Waals surface area contributed by atoms with Gasteiger partial charge in [-0.1, -0.05) is 77.1 Å². The van der Waals surface area contributed by atoms with Gasteiger partial charge < -0.3 is 9.80 Å². The number of rotatable bonds is 4. The van der Waals surface area contributed by atoms with Gasteiger partial charge >= 0.3 is 0 Å². The molecule has 3 atom stereocenters. The van der Waals surface area contributed by atoms with Crippen LogP contribution in [0.5, 0.6) is 0 Å². The minimum Gasteiger partial charge on any atom is -0.302 e. The highest BCUT2D eigenvalue weighted by molar-refractivity contribution is 5.86. The fourth-order valence-electron chi connectivity index (χ4n) is 5.37. The maximum absolute atomic E-state index is 5.31. The number of hydrogen-bond acceptors (Lipinski definition) is 4. The Balaban J connectivity index is 1.83. The highest BCUT2D eigenvalue weighted by Crippen LogP contribution is 2.55. The third-order valence-corrected chi connectivity index (χ3v) is 6.87. The van der Waals surface area contributed by atoms with Crippen molar-refractivity contribution in [2.24, 2.45) is 5.92 Å². The molecule has 0 N–H and O–H groups in total. The van der Waals surface area contributed by atoms with Gasteiger partial charge in [-0.2, -0.15) is 0 Å². The van der Waals surface area contributed by atoms with Crippen molar-refractivity contribution in [2.45, 2.75) is 58.5 Å². The highest BCUT2D eigenvalue weighted by Gasteiger charge is 2.49. The van der Waals surface area contributed by atoms with Crippen molar-refractivity contribution in [3.05, 3.63) is 84.2 Å². The molecular formula is C28H32N4. The lowest BCUT2D eigenvalue weighted by atomic mass is 9.80. The summed E-state index contributed by atoms with van der Waals surface area (Å²) in [7, 11) is 0. The van der Waals surface area contributed by atoms with Crippen LogP contribution in [-0.2, 0) is 0 Å². The summed E-state index contributed by atoms with van der Waals surface area (Å²) in [4.78, 5) is 15.4. The van der Waals surface area contributed by atoms with Gasteiger partial charge in [0.1, 0.15) is 6.17 Å². The molecule has 1 aromatic heterocycles. The van der Waals surface area contributed by atoms with E-state index in [1.54, 1.807) is 0 Å². The predicted molar refractivity (Wildman–Crippen MR) is 133 cm³/mol. The van der Waals surface area contributed by atoms with Crippen LogP contribution >= 0.6 is 0 Å². The lowest BCUT2D eigenvalue weighted by molar-refractivity contribution is 0.408. The summed E-state index contributed by atoms with van der Waals surface area (Å²) in [5.41, 5.74) is 5.87. The molecule has 0 aliphatic carbocycles. The molecule has 4 heteroatoms. The summed E-state index contributed by atoms with van der Waals surface area (Å²) in [6.45, 7) is 15.4. The van der Waals surface area contributed by atoms with E-state index in [-0.39, 0.29) is 12.1 Å². The monoisotopic (exact) mass is 424 g/mol. The number of benzene rings is 2. The molecule has 0 amide bonds. The van der Waals surface area contributed by atoms with Gasteiger partial charge in [0, 0.05) is 23.2 Å². The second-order valence-electron chi connectivity index (χ2n) is 9.62. The normalized spacial score (nSPS) is 21.5. The van der Waals surface area contributed by atoms with E-state index in [4.69, 9.17) is 9.97 Å². The Labute approximate surface area is 191 Å². The Morgan fingerprint density at radius 1 is 0.812 bits per heavy atom. The topological polar surface area (TPSA) is 32.3 Å². The first-order valence-electron chi connectivity index (χ1n) is 11.7. The summed E-state index contributed by atoms with van der Waals surface area (Å²) in [5.74, 6) is 3.12. The van der Waals surface area contributed by atoms with Crippen LogP contribution in [0, 0.1) is 5.92 Å². The average molecular weight is 425 g/mol. The summed E-state index contributed by atoms with van der Waals surface area (Å²) < 4.78 is 0. The lowest BCUT2D eigenvalue weighted by Crippen LogP contribution is -2.48. The Morgan fingerprint density at radius 2 is 1.38 bits per heavy atom. The molecule has 0 radical (unpaired) electrons. The molecule has 2 aromatic carbocycles. The molecular weight excluding hydrogens is 392 g/mol. The van der Waals surface area contributed by atoms with Gasteiger partial charge in [-0.25, -0.2) is 9.97 Å². The highest BCUT2D eigenvalue weighted by atomic mass is 15.5. The number of fused-ring (bicyclic) bond motifs is 5. The molecule has 164 valence electrons. The van der Waals surface area contributed by atoms with Gasteiger partial charge in [0.05, 0.1) is 11.4 Å². The fraction of sp³-hybridized carbons (Fsp3) is 0.357. The van der Waals surface area contributed by atoms with Crippen molar-refractivity contribution in [3.8, 4) is 0 Å². The maximum atomic E-state index is 5.31. The quantitative estimate of drug-likeness (QED) is 0.413. The first-order valence-corrected chi connectivity index (χ1v) is 11.7. The number of para-hydroxylation sites is 2. The SMILES string of the molecule is C=CC1c2ccccc2N2c3nc(C(C)C)c(C(C)C)nc3N(c3ccccc3)C2C1C. The first kappa shape index (κ1) is 20.7. The van der Waals surface area contributed by atoms with Crippen LogP contribution in [0.1, 0.15) is 69.3 Å². The Kier molecular flexibility index (Phi) is 5.04. The van der Waals surface area contributed by atoms with E-state index in [2.05, 4.69) is 112 Å². The second kappa shape index (κ2) is 7.77. The number of aromatic nitrogens is 2. The lowest BCUT2D eigenvalue weighted by Gasteiger charge is -2.44. The van der Waals surface area contributed by atoms with E-state index in [1.165, 1.54) is 11.3 Å². The molecule has 3 unspecified atom stereocenters. The van der Waals surface area contributed by atoms with Crippen LogP contribution < -0.4 is 9.80 Å². The maximum Gasteiger partial charge on any atom is 0.178 e. The third-order valence-electron chi connectivity index (χ3n) is 6.87. The Bertz CT molecular complexity index is 1150. The largest absolute Gasteiger partial charge is 0.302 e. The number of hydrogen-bond donors (Lipinski definition) is 0. The molecule has 3 aromatic rings. The first-order chi connectivity index (χ1) is 15.4. The van der Waals surface area contributed by atoms with Gasteiger partial charge in [-0.15, -0.1) is 6.58 Å². The fourth-order valence-corrected chi connectivity index (χ4v) is 5.37. The van der Waals surface area contributed by atoms with Crippen LogP contribution in [0.15, 0.2) is 67.3 Å². The predicted octanol–water partition coefficient (Wildman–Crippen LogP) is 7.26. The number of allylic oxidation sites excluding steroid dienone is 1. The average Bonchev–Trinajstić information content (AvgIpc) is 3.14. The standard InChI is InChI=1S/C28H32N4/c1-7-21-19(6)28-31(20-13-9-8-10-14-20)26-27(32(28)23-16-12-11-15-22(21)23)30-25(18(4)5)24(29-26)17(2)3/h7-19,21,28H,1H2,2-6H3. The molecule has 4 nitrogen and oxygen atoms in total. The van der Waals surface area contributed by atoms with Crippen molar-refractivity contribution in [1.29, 1.82) is 0 Å². The van der Waals surface area contributed by atoms with E-state index in [0.717, 1.165) is 28.7 Å². The molecule has 0 saturated carbocycles.